The molecule has 25 heavy (non-hydrogen) atoms. The Morgan fingerprint density at radius 1 is 1.04 bits per heavy atom. The van der Waals surface area contributed by atoms with E-state index in [2.05, 4.69) is 0 Å². The predicted octanol–water partition coefficient (Wildman–Crippen LogP) is 4.59. The van der Waals surface area contributed by atoms with E-state index in [1.807, 2.05) is 18.2 Å². The number of fused-ring (bicyclic) bond motifs is 1. The lowest BCUT2D eigenvalue weighted by Crippen LogP contribution is -2.25. The van der Waals surface area contributed by atoms with Gasteiger partial charge in [-0.25, -0.2) is 8.78 Å². The maximum atomic E-state index is 14.0. The number of ether oxygens (including phenoxy) is 3. The first-order valence-corrected chi connectivity index (χ1v) is 8.68. The summed E-state index contributed by atoms with van der Waals surface area (Å²) in [6.07, 6.45) is 3.53. The molecule has 2 aliphatic heterocycles. The molecule has 0 aliphatic carbocycles. The van der Waals surface area contributed by atoms with E-state index in [0.717, 1.165) is 49.0 Å². The predicted molar refractivity (Wildman–Crippen MR) is 89.0 cm³/mol. The SMILES string of the molecule is Fc1ccc(C2COc3cc(OC4CCCCO4)ccc3C2)c(F)c1. The first-order chi connectivity index (χ1) is 12.2. The fourth-order valence-electron chi connectivity index (χ4n) is 3.41. The van der Waals surface area contributed by atoms with Crippen molar-refractivity contribution in [1.29, 1.82) is 0 Å². The van der Waals surface area contributed by atoms with Crippen LogP contribution in [-0.4, -0.2) is 19.5 Å². The van der Waals surface area contributed by atoms with Gasteiger partial charge in [0.1, 0.15) is 23.1 Å². The lowest BCUT2D eigenvalue weighted by Gasteiger charge is -2.27. The van der Waals surface area contributed by atoms with E-state index in [1.54, 1.807) is 0 Å². The maximum absolute atomic E-state index is 14.0. The standard InChI is InChI=1S/C20H20F2O3/c21-15-5-7-17(18(22)10-15)14-9-13-4-6-16(11-19(13)24-12-14)25-20-3-1-2-8-23-20/h4-7,10-11,14,20H,1-3,8-9,12H2. The molecule has 2 heterocycles. The Balaban J connectivity index is 1.48. The van der Waals surface area contributed by atoms with Crippen LogP contribution >= 0.6 is 0 Å². The van der Waals surface area contributed by atoms with E-state index in [-0.39, 0.29) is 12.2 Å². The van der Waals surface area contributed by atoms with Crippen molar-refractivity contribution >= 4 is 0 Å². The van der Waals surface area contributed by atoms with E-state index in [0.29, 0.717) is 18.6 Å². The van der Waals surface area contributed by atoms with Gasteiger partial charge in [0.25, 0.3) is 0 Å². The number of benzene rings is 2. The highest BCUT2D eigenvalue weighted by molar-refractivity contribution is 5.43. The molecule has 0 bridgehead atoms. The first kappa shape index (κ1) is 16.3. The molecule has 2 aliphatic rings. The Hall–Kier alpha value is -2.14. The molecule has 0 N–H and O–H groups in total. The molecule has 0 spiro atoms. The van der Waals surface area contributed by atoms with Gasteiger partial charge in [0, 0.05) is 24.5 Å². The van der Waals surface area contributed by atoms with E-state index >= 15 is 0 Å². The molecule has 4 rings (SSSR count). The molecule has 1 saturated heterocycles. The molecule has 0 aromatic heterocycles. The molecule has 1 fully saturated rings. The largest absolute Gasteiger partial charge is 0.493 e. The van der Waals surface area contributed by atoms with Crippen molar-refractivity contribution < 1.29 is 23.0 Å². The van der Waals surface area contributed by atoms with Crippen LogP contribution in [0.2, 0.25) is 0 Å². The highest BCUT2D eigenvalue weighted by atomic mass is 19.1. The third-order valence-electron chi connectivity index (χ3n) is 4.75. The first-order valence-electron chi connectivity index (χ1n) is 8.68. The molecule has 2 aromatic rings. The smallest absolute Gasteiger partial charge is 0.199 e. The van der Waals surface area contributed by atoms with Crippen LogP contribution in [-0.2, 0) is 11.2 Å². The number of halogens is 2. The molecule has 0 amide bonds. The van der Waals surface area contributed by atoms with E-state index in [1.165, 1.54) is 12.1 Å². The van der Waals surface area contributed by atoms with Gasteiger partial charge in [0.2, 0.25) is 0 Å². The summed E-state index contributed by atoms with van der Waals surface area (Å²) < 4.78 is 44.4. The highest BCUT2D eigenvalue weighted by Crippen LogP contribution is 2.36. The summed E-state index contributed by atoms with van der Waals surface area (Å²) in [5.74, 6) is 0.266. The van der Waals surface area contributed by atoms with Crippen LogP contribution in [0, 0.1) is 11.6 Å². The van der Waals surface area contributed by atoms with Gasteiger partial charge >= 0.3 is 0 Å². The van der Waals surface area contributed by atoms with Gasteiger partial charge in [-0.2, -0.15) is 0 Å². The van der Waals surface area contributed by atoms with Gasteiger partial charge < -0.3 is 14.2 Å². The average Bonchev–Trinajstić information content (AvgIpc) is 2.62. The summed E-state index contributed by atoms with van der Waals surface area (Å²) in [5, 5.41) is 0. The number of rotatable bonds is 3. The summed E-state index contributed by atoms with van der Waals surface area (Å²) >= 11 is 0. The van der Waals surface area contributed by atoms with Crippen molar-refractivity contribution in [3.63, 3.8) is 0 Å². The van der Waals surface area contributed by atoms with Gasteiger partial charge in [0.05, 0.1) is 13.2 Å². The van der Waals surface area contributed by atoms with Crippen molar-refractivity contribution in [2.45, 2.75) is 37.9 Å². The quantitative estimate of drug-likeness (QED) is 0.814. The topological polar surface area (TPSA) is 27.7 Å². The molecular formula is C20H20F2O3. The minimum Gasteiger partial charge on any atom is -0.493 e. The van der Waals surface area contributed by atoms with E-state index < -0.39 is 11.6 Å². The second kappa shape index (κ2) is 7.00. The zero-order valence-corrected chi connectivity index (χ0v) is 13.8. The highest BCUT2D eigenvalue weighted by Gasteiger charge is 2.25. The minimum absolute atomic E-state index is 0.124. The molecule has 132 valence electrons. The molecule has 0 saturated carbocycles. The molecule has 3 nitrogen and oxygen atoms in total. The van der Waals surface area contributed by atoms with Crippen LogP contribution in [0.1, 0.15) is 36.3 Å². The summed E-state index contributed by atoms with van der Waals surface area (Å²) in [5.41, 5.74) is 1.49. The fourth-order valence-corrected chi connectivity index (χ4v) is 3.41. The second-order valence-electron chi connectivity index (χ2n) is 6.56. The minimum atomic E-state index is -0.565. The van der Waals surface area contributed by atoms with Gasteiger partial charge in [-0.15, -0.1) is 0 Å². The molecule has 0 radical (unpaired) electrons. The number of hydrogen-bond acceptors (Lipinski definition) is 3. The Kier molecular flexibility index (Phi) is 4.57. The molecule has 2 unspecified atom stereocenters. The molecule has 5 heteroatoms. The van der Waals surface area contributed by atoms with Gasteiger partial charge in [-0.3, -0.25) is 0 Å². The Morgan fingerprint density at radius 3 is 2.76 bits per heavy atom. The Bertz CT molecular complexity index is 757. The lowest BCUT2D eigenvalue weighted by atomic mass is 9.90. The van der Waals surface area contributed by atoms with Crippen molar-refractivity contribution in [3.05, 3.63) is 59.2 Å². The van der Waals surface area contributed by atoms with Crippen LogP contribution in [0.3, 0.4) is 0 Å². The van der Waals surface area contributed by atoms with E-state index in [9.17, 15) is 8.78 Å². The lowest BCUT2D eigenvalue weighted by molar-refractivity contribution is -0.106. The van der Waals surface area contributed by atoms with Crippen LogP contribution in [0.25, 0.3) is 0 Å². The summed E-state index contributed by atoms with van der Waals surface area (Å²) in [6, 6.07) is 9.41. The second-order valence-corrected chi connectivity index (χ2v) is 6.56. The van der Waals surface area contributed by atoms with Gasteiger partial charge in [-0.05, 0) is 42.5 Å². The monoisotopic (exact) mass is 346 g/mol. The number of hydrogen-bond donors (Lipinski definition) is 0. The average molecular weight is 346 g/mol. The maximum Gasteiger partial charge on any atom is 0.199 e. The van der Waals surface area contributed by atoms with Crippen LogP contribution in [0.15, 0.2) is 36.4 Å². The van der Waals surface area contributed by atoms with Crippen molar-refractivity contribution in [2.24, 2.45) is 0 Å². The zero-order valence-electron chi connectivity index (χ0n) is 13.8. The summed E-state index contributed by atoms with van der Waals surface area (Å²) in [4.78, 5) is 0. The van der Waals surface area contributed by atoms with Crippen molar-refractivity contribution in [3.8, 4) is 11.5 Å². The van der Waals surface area contributed by atoms with E-state index in [4.69, 9.17) is 14.2 Å². The van der Waals surface area contributed by atoms with Crippen molar-refractivity contribution in [1.82, 2.24) is 0 Å². The zero-order chi connectivity index (χ0) is 17.2. The van der Waals surface area contributed by atoms with Crippen LogP contribution in [0.5, 0.6) is 11.5 Å². The Labute approximate surface area is 145 Å². The molecule has 2 atom stereocenters. The van der Waals surface area contributed by atoms with Crippen LogP contribution < -0.4 is 9.47 Å². The molecule has 2 aromatic carbocycles. The van der Waals surface area contributed by atoms with Crippen molar-refractivity contribution in [2.75, 3.05) is 13.2 Å². The van der Waals surface area contributed by atoms with Crippen LogP contribution in [0.4, 0.5) is 8.78 Å². The fraction of sp³-hybridized carbons (Fsp3) is 0.400. The molecular weight excluding hydrogens is 326 g/mol. The Morgan fingerprint density at radius 2 is 1.96 bits per heavy atom. The van der Waals surface area contributed by atoms with Gasteiger partial charge in [0.15, 0.2) is 6.29 Å². The summed E-state index contributed by atoms with van der Waals surface area (Å²) in [7, 11) is 0. The third kappa shape index (κ3) is 3.61. The normalized spacial score (nSPS) is 22.8. The van der Waals surface area contributed by atoms with Gasteiger partial charge in [-0.1, -0.05) is 12.1 Å². The third-order valence-corrected chi connectivity index (χ3v) is 4.75. The summed E-state index contributed by atoms with van der Waals surface area (Å²) in [6.45, 7) is 1.09.